The summed E-state index contributed by atoms with van der Waals surface area (Å²) >= 11 is 7.28. The molecule has 1 fully saturated rings. The zero-order chi connectivity index (χ0) is 11.0. The Labute approximate surface area is 102 Å². The van der Waals surface area contributed by atoms with Crippen molar-refractivity contribution < 1.29 is 4.42 Å². The van der Waals surface area contributed by atoms with Crippen LogP contribution < -0.4 is 5.32 Å². The fourth-order valence-electron chi connectivity index (χ4n) is 1.37. The molecule has 2 aromatic rings. The molecule has 1 aliphatic rings. The summed E-state index contributed by atoms with van der Waals surface area (Å²) in [5.74, 6) is 1.18. The second kappa shape index (κ2) is 4.16. The van der Waals surface area contributed by atoms with Gasteiger partial charge in [-0.05, 0) is 25.0 Å². The topological polar surface area (TPSA) is 51.0 Å². The van der Waals surface area contributed by atoms with Crippen molar-refractivity contribution in [1.82, 2.24) is 15.5 Å². The van der Waals surface area contributed by atoms with Crippen LogP contribution in [0.15, 0.2) is 16.5 Å². The van der Waals surface area contributed by atoms with Crippen LogP contribution in [0.4, 0.5) is 0 Å². The lowest BCUT2D eigenvalue weighted by molar-refractivity contribution is 0.477. The molecule has 1 aliphatic carbocycles. The minimum atomic E-state index is 0.546. The number of hydrogen-bond acceptors (Lipinski definition) is 5. The number of aromatic nitrogens is 2. The highest BCUT2D eigenvalue weighted by atomic mass is 35.5. The monoisotopic (exact) mass is 255 g/mol. The summed E-state index contributed by atoms with van der Waals surface area (Å²) in [5, 5.41) is 11.3. The van der Waals surface area contributed by atoms with Crippen LogP contribution >= 0.6 is 22.9 Å². The molecule has 2 aromatic heterocycles. The Hall–Kier alpha value is -0.910. The Morgan fingerprint density at radius 2 is 2.31 bits per heavy atom. The molecule has 0 aliphatic heterocycles. The highest BCUT2D eigenvalue weighted by Crippen LogP contribution is 2.30. The number of hydrogen-bond donors (Lipinski definition) is 1. The maximum absolute atomic E-state index is 5.84. The molecule has 4 nitrogen and oxygen atoms in total. The Balaban J connectivity index is 1.71. The van der Waals surface area contributed by atoms with Gasteiger partial charge in [-0.3, -0.25) is 0 Å². The van der Waals surface area contributed by atoms with E-state index >= 15 is 0 Å². The highest BCUT2D eigenvalue weighted by Gasteiger charge is 2.21. The van der Waals surface area contributed by atoms with Crippen LogP contribution in [-0.2, 0) is 6.54 Å². The Kier molecular flexibility index (Phi) is 2.67. The van der Waals surface area contributed by atoms with Crippen molar-refractivity contribution in [3.05, 3.63) is 22.4 Å². The summed E-state index contributed by atoms with van der Waals surface area (Å²) in [7, 11) is 0. The normalized spacial score (nSPS) is 15.6. The molecule has 6 heteroatoms. The van der Waals surface area contributed by atoms with Crippen LogP contribution in [0.3, 0.4) is 0 Å². The van der Waals surface area contributed by atoms with Gasteiger partial charge in [-0.1, -0.05) is 11.6 Å². The van der Waals surface area contributed by atoms with Gasteiger partial charge in [0.25, 0.3) is 5.89 Å². The fourth-order valence-corrected chi connectivity index (χ4v) is 2.34. The summed E-state index contributed by atoms with van der Waals surface area (Å²) < 4.78 is 6.26. The summed E-state index contributed by atoms with van der Waals surface area (Å²) in [6.07, 6.45) is 2.50. The van der Waals surface area contributed by atoms with Gasteiger partial charge in [-0.2, -0.15) is 0 Å². The fraction of sp³-hybridized carbons (Fsp3) is 0.400. The molecule has 0 bridgehead atoms. The Morgan fingerprint density at radius 3 is 3.00 bits per heavy atom. The molecule has 3 rings (SSSR count). The first-order valence-corrected chi connectivity index (χ1v) is 6.32. The van der Waals surface area contributed by atoms with Crippen LogP contribution in [-0.4, -0.2) is 16.2 Å². The summed E-state index contributed by atoms with van der Waals surface area (Å²) in [5.41, 5.74) is 0. The zero-order valence-corrected chi connectivity index (χ0v) is 10.0. The van der Waals surface area contributed by atoms with Gasteiger partial charge < -0.3 is 9.73 Å². The first kappa shape index (κ1) is 10.3. The Bertz CT molecular complexity index is 492. The first-order chi connectivity index (χ1) is 7.81. The second-order valence-corrected chi connectivity index (χ2v) is 5.47. The van der Waals surface area contributed by atoms with Crippen LogP contribution in [0.5, 0.6) is 0 Å². The standard InChI is InChI=1S/C10H10ClN3OS/c11-8-4-3-7(16-8)10-14-13-9(15-10)5-12-6-1-2-6/h3-4,6,12H,1-2,5H2. The third kappa shape index (κ3) is 2.26. The van der Waals surface area contributed by atoms with Crippen molar-refractivity contribution >= 4 is 22.9 Å². The van der Waals surface area contributed by atoms with Crippen molar-refractivity contribution in [2.75, 3.05) is 0 Å². The number of nitrogens with one attached hydrogen (secondary N) is 1. The van der Waals surface area contributed by atoms with Crippen LogP contribution in [0, 0.1) is 0 Å². The molecule has 0 aromatic carbocycles. The molecule has 84 valence electrons. The van der Waals surface area contributed by atoms with Crippen molar-refractivity contribution in [3.63, 3.8) is 0 Å². The van der Waals surface area contributed by atoms with Crippen molar-refractivity contribution in [2.45, 2.75) is 25.4 Å². The lowest BCUT2D eigenvalue weighted by atomic mass is 10.5. The average molecular weight is 256 g/mol. The number of thiophene rings is 1. The van der Waals surface area contributed by atoms with Gasteiger partial charge in [0.05, 0.1) is 15.8 Å². The molecular formula is C10H10ClN3OS. The predicted molar refractivity (Wildman–Crippen MR) is 62.5 cm³/mol. The number of nitrogens with zero attached hydrogens (tertiary/aromatic N) is 2. The molecule has 0 amide bonds. The number of rotatable bonds is 4. The highest BCUT2D eigenvalue weighted by molar-refractivity contribution is 7.19. The largest absolute Gasteiger partial charge is 0.419 e. The van der Waals surface area contributed by atoms with Crippen LogP contribution in [0.25, 0.3) is 10.8 Å². The van der Waals surface area contributed by atoms with Crippen molar-refractivity contribution in [3.8, 4) is 10.8 Å². The van der Waals surface area contributed by atoms with Gasteiger partial charge in [0.15, 0.2) is 0 Å². The SMILES string of the molecule is Clc1ccc(-c2nnc(CNC3CC3)o2)s1. The predicted octanol–water partition coefficient (Wildman–Crippen LogP) is 2.70. The molecule has 0 spiro atoms. The molecule has 2 heterocycles. The van der Waals surface area contributed by atoms with E-state index in [2.05, 4.69) is 15.5 Å². The first-order valence-electron chi connectivity index (χ1n) is 5.13. The van der Waals surface area contributed by atoms with E-state index < -0.39 is 0 Å². The third-order valence-electron chi connectivity index (χ3n) is 2.37. The molecule has 0 atom stereocenters. The smallest absolute Gasteiger partial charge is 0.257 e. The van der Waals surface area contributed by atoms with Gasteiger partial charge in [0, 0.05) is 6.04 Å². The lowest BCUT2D eigenvalue weighted by Crippen LogP contribution is -2.15. The maximum atomic E-state index is 5.84. The number of halogens is 1. The van der Waals surface area contributed by atoms with E-state index in [0.29, 0.717) is 24.4 Å². The molecule has 0 radical (unpaired) electrons. The second-order valence-electron chi connectivity index (χ2n) is 3.76. The quantitative estimate of drug-likeness (QED) is 0.913. The molecule has 16 heavy (non-hydrogen) atoms. The Morgan fingerprint density at radius 1 is 1.44 bits per heavy atom. The van der Waals surface area contributed by atoms with Gasteiger partial charge >= 0.3 is 0 Å². The minimum Gasteiger partial charge on any atom is -0.419 e. The third-order valence-corrected chi connectivity index (χ3v) is 3.59. The van der Waals surface area contributed by atoms with E-state index in [1.807, 2.05) is 12.1 Å². The van der Waals surface area contributed by atoms with Crippen molar-refractivity contribution in [1.29, 1.82) is 0 Å². The molecule has 1 N–H and O–H groups in total. The van der Waals surface area contributed by atoms with Crippen LogP contribution in [0.2, 0.25) is 4.34 Å². The van der Waals surface area contributed by atoms with E-state index in [0.717, 1.165) is 9.21 Å². The van der Waals surface area contributed by atoms with E-state index in [4.69, 9.17) is 16.0 Å². The molecular weight excluding hydrogens is 246 g/mol. The molecule has 0 unspecified atom stereocenters. The van der Waals surface area contributed by atoms with Crippen LogP contribution in [0.1, 0.15) is 18.7 Å². The maximum Gasteiger partial charge on any atom is 0.257 e. The zero-order valence-electron chi connectivity index (χ0n) is 8.44. The van der Waals surface area contributed by atoms with E-state index in [1.54, 1.807) is 0 Å². The van der Waals surface area contributed by atoms with Crippen molar-refractivity contribution in [2.24, 2.45) is 0 Å². The minimum absolute atomic E-state index is 0.546. The average Bonchev–Trinajstić information content (AvgIpc) is 2.81. The summed E-state index contributed by atoms with van der Waals surface area (Å²) in [6.45, 7) is 0.650. The lowest BCUT2D eigenvalue weighted by Gasteiger charge is -1.95. The van der Waals surface area contributed by atoms with Gasteiger partial charge in [0.2, 0.25) is 5.89 Å². The molecule has 1 saturated carbocycles. The summed E-state index contributed by atoms with van der Waals surface area (Å²) in [4.78, 5) is 0.912. The van der Waals surface area contributed by atoms with E-state index in [1.165, 1.54) is 24.2 Å². The summed E-state index contributed by atoms with van der Waals surface area (Å²) in [6, 6.07) is 4.36. The van der Waals surface area contributed by atoms with Gasteiger partial charge in [0.1, 0.15) is 0 Å². The van der Waals surface area contributed by atoms with Gasteiger partial charge in [-0.15, -0.1) is 21.5 Å². The van der Waals surface area contributed by atoms with Gasteiger partial charge in [-0.25, -0.2) is 0 Å². The van der Waals surface area contributed by atoms with E-state index in [-0.39, 0.29) is 0 Å². The molecule has 0 saturated heterocycles. The van der Waals surface area contributed by atoms with E-state index in [9.17, 15) is 0 Å².